The largest absolute Gasteiger partial charge is 0.491 e. The van der Waals surface area contributed by atoms with Gasteiger partial charge in [0, 0.05) is 11.1 Å². The van der Waals surface area contributed by atoms with Crippen LogP contribution in [0.3, 0.4) is 0 Å². The molecule has 5 nitrogen and oxygen atoms in total. The normalized spacial score (nSPS) is 11.9. The molecule has 148 valence electrons. The molecule has 0 aliphatic carbocycles. The van der Waals surface area contributed by atoms with Crippen molar-refractivity contribution in [3.05, 3.63) is 71.4 Å². The van der Waals surface area contributed by atoms with Crippen molar-refractivity contribution < 1.29 is 14.3 Å². The average Bonchev–Trinajstić information content (AvgIpc) is 2.61. The van der Waals surface area contributed by atoms with Crippen LogP contribution in [0.25, 0.3) is 6.08 Å². The topological polar surface area (TPSA) is 67.4 Å². The van der Waals surface area contributed by atoms with Crippen LogP contribution in [0, 0.1) is 0 Å². The third-order valence-corrected chi connectivity index (χ3v) is 3.58. The van der Waals surface area contributed by atoms with Gasteiger partial charge in [-0.1, -0.05) is 30.3 Å². The molecule has 2 aromatic carbocycles. The summed E-state index contributed by atoms with van der Waals surface area (Å²) < 4.78 is 5.64. The molecule has 0 saturated carbocycles. The molecule has 0 bridgehead atoms. The molecule has 2 rings (SSSR count). The van der Waals surface area contributed by atoms with E-state index in [1.54, 1.807) is 30.3 Å². The van der Waals surface area contributed by atoms with Crippen molar-refractivity contribution in [1.29, 1.82) is 0 Å². The second kappa shape index (κ2) is 9.22. The van der Waals surface area contributed by atoms with Crippen LogP contribution in [0.15, 0.2) is 60.3 Å². The van der Waals surface area contributed by atoms with Gasteiger partial charge in [-0.05, 0) is 70.5 Å². The van der Waals surface area contributed by atoms with Gasteiger partial charge in [0.25, 0.3) is 11.8 Å². The molecule has 0 aliphatic rings. The van der Waals surface area contributed by atoms with Gasteiger partial charge in [0.05, 0.1) is 6.10 Å². The van der Waals surface area contributed by atoms with E-state index in [9.17, 15) is 9.59 Å². The van der Waals surface area contributed by atoms with Gasteiger partial charge in [-0.15, -0.1) is 0 Å². The van der Waals surface area contributed by atoms with Gasteiger partial charge in [-0.3, -0.25) is 9.59 Å². The Morgan fingerprint density at radius 3 is 2.11 bits per heavy atom. The zero-order chi connectivity index (χ0) is 20.7. The van der Waals surface area contributed by atoms with Crippen LogP contribution in [-0.4, -0.2) is 23.5 Å². The summed E-state index contributed by atoms with van der Waals surface area (Å²) in [5.74, 6) is 0.0659. The summed E-state index contributed by atoms with van der Waals surface area (Å²) in [5, 5.41) is 5.62. The number of amides is 2. The highest BCUT2D eigenvalue weighted by Gasteiger charge is 2.19. The molecular formula is C23H28N2O3. The fourth-order valence-electron chi connectivity index (χ4n) is 2.43. The van der Waals surface area contributed by atoms with Gasteiger partial charge in [0.15, 0.2) is 0 Å². The van der Waals surface area contributed by atoms with E-state index in [0.717, 1.165) is 11.3 Å². The number of hydrogen-bond acceptors (Lipinski definition) is 3. The lowest BCUT2D eigenvalue weighted by molar-refractivity contribution is -0.119. The molecule has 2 aromatic rings. The van der Waals surface area contributed by atoms with Gasteiger partial charge in [0.2, 0.25) is 0 Å². The maximum absolute atomic E-state index is 12.7. The predicted molar refractivity (Wildman–Crippen MR) is 112 cm³/mol. The van der Waals surface area contributed by atoms with Crippen molar-refractivity contribution in [3.8, 4) is 5.75 Å². The van der Waals surface area contributed by atoms with Crippen LogP contribution < -0.4 is 15.4 Å². The Morgan fingerprint density at radius 1 is 0.964 bits per heavy atom. The van der Waals surface area contributed by atoms with E-state index in [1.807, 2.05) is 65.0 Å². The second-order valence-corrected chi connectivity index (χ2v) is 7.82. The lowest BCUT2D eigenvalue weighted by atomic mass is 10.1. The Hall–Kier alpha value is -3.08. The van der Waals surface area contributed by atoms with Crippen molar-refractivity contribution in [2.45, 2.75) is 46.3 Å². The van der Waals surface area contributed by atoms with E-state index >= 15 is 0 Å². The predicted octanol–water partition coefficient (Wildman–Crippen LogP) is 4.16. The molecule has 0 fully saturated rings. The molecule has 0 spiro atoms. The number of nitrogens with one attached hydrogen (secondary N) is 2. The summed E-state index contributed by atoms with van der Waals surface area (Å²) in [6.45, 7) is 9.59. The van der Waals surface area contributed by atoms with E-state index in [4.69, 9.17) is 4.74 Å². The molecule has 0 unspecified atom stereocenters. The van der Waals surface area contributed by atoms with Crippen LogP contribution in [0.2, 0.25) is 0 Å². The van der Waals surface area contributed by atoms with E-state index in [0.29, 0.717) is 5.56 Å². The van der Waals surface area contributed by atoms with Crippen molar-refractivity contribution in [2.24, 2.45) is 0 Å². The van der Waals surface area contributed by atoms with Gasteiger partial charge < -0.3 is 15.4 Å². The molecular weight excluding hydrogens is 352 g/mol. The molecule has 0 aromatic heterocycles. The standard InChI is InChI=1S/C23H28N2O3/c1-16(2)28-19-13-11-17(12-14-19)15-20(22(27)25-23(3,4)5)24-21(26)18-9-7-6-8-10-18/h6-16H,1-5H3,(H,24,26)(H,25,27)/b20-15+. The Morgan fingerprint density at radius 2 is 1.57 bits per heavy atom. The first-order chi connectivity index (χ1) is 13.1. The fourth-order valence-corrected chi connectivity index (χ4v) is 2.43. The third-order valence-electron chi connectivity index (χ3n) is 3.58. The summed E-state index contributed by atoms with van der Waals surface area (Å²) in [5.41, 5.74) is 1.02. The van der Waals surface area contributed by atoms with E-state index in [1.165, 1.54) is 0 Å². The maximum atomic E-state index is 12.7. The summed E-state index contributed by atoms with van der Waals surface area (Å²) in [7, 11) is 0. The maximum Gasteiger partial charge on any atom is 0.268 e. The lowest BCUT2D eigenvalue weighted by Crippen LogP contribution is -2.44. The third kappa shape index (κ3) is 6.91. The van der Waals surface area contributed by atoms with Gasteiger partial charge in [0.1, 0.15) is 11.4 Å². The molecule has 2 amide bonds. The Labute approximate surface area is 166 Å². The molecule has 0 atom stereocenters. The minimum Gasteiger partial charge on any atom is -0.491 e. The summed E-state index contributed by atoms with van der Waals surface area (Å²) in [4.78, 5) is 25.3. The van der Waals surface area contributed by atoms with Crippen LogP contribution >= 0.6 is 0 Å². The average molecular weight is 380 g/mol. The second-order valence-electron chi connectivity index (χ2n) is 7.82. The Balaban J connectivity index is 2.27. The zero-order valence-corrected chi connectivity index (χ0v) is 17.1. The number of hydrogen-bond donors (Lipinski definition) is 2. The summed E-state index contributed by atoms with van der Waals surface area (Å²) in [6, 6.07) is 16.2. The molecule has 0 radical (unpaired) electrons. The molecule has 5 heteroatoms. The van der Waals surface area contributed by atoms with Crippen molar-refractivity contribution in [3.63, 3.8) is 0 Å². The number of benzene rings is 2. The Bertz CT molecular complexity index is 832. The SMILES string of the molecule is CC(C)Oc1ccc(/C=C(/NC(=O)c2ccccc2)C(=O)NC(C)(C)C)cc1. The number of carbonyl (C=O) groups excluding carboxylic acids is 2. The number of ether oxygens (including phenoxy) is 1. The van der Waals surface area contributed by atoms with Gasteiger partial charge in [-0.2, -0.15) is 0 Å². The molecule has 0 saturated heterocycles. The smallest absolute Gasteiger partial charge is 0.268 e. The van der Waals surface area contributed by atoms with Crippen molar-refractivity contribution in [2.75, 3.05) is 0 Å². The van der Waals surface area contributed by atoms with E-state index in [-0.39, 0.29) is 23.6 Å². The highest BCUT2D eigenvalue weighted by molar-refractivity contribution is 6.05. The minimum absolute atomic E-state index is 0.0830. The van der Waals surface area contributed by atoms with Crippen LogP contribution in [0.1, 0.15) is 50.5 Å². The van der Waals surface area contributed by atoms with Crippen LogP contribution in [0.5, 0.6) is 5.75 Å². The molecule has 28 heavy (non-hydrogen) atoms. The van der Waals surface area contributed by atoms with Crippen LogP contribution in [0.4, 0.5) is 0 Å². The van der Waals surface area contributed by atoms with Crippen molar-refractivity contribution >= 4 is 17.9 Å². The fraction of sp³-hybridized carbons (Fsp3) is 0.304. The monoisotopic (exact) mass is 380 g/mol. The van der Waals surface area contributed by atoms with Crippen LogP contribution in [-0.2, 0) is 4.79 Å². The summed E-state index contributed by atoms with van der Waals surface area (Å²) in [6.07, 6.45) is 1.74. The first kappa shape index (κ1) is 21.2. The number of carbonyl (C=O) groups is 2. The first-order valence-corrected chi connectivity index (χ1v) is 9.31. The first-order valence-electron chi connectivity index (χ1n) is 9.31. The van der Waals surface area contributed by atoms with Gasteiger partial charge >= 0.3 is 0 Å². The molecule has 2 N–H and O–H groups in total. The van der Waals surface area contributed by atoms with Crippen molar-refractivity contribution in [1.82, 2.24) is 10.6 Å². The molecule has 0 aliphatic heterocycles. The highest BCUT2D eigenvalue weighted by atomic mass is 16.5. The quantitative estimate of drug-likeness (QED) is 0.740. The zero-order valence-electron chi connectivity index (χ0n) is 17.1. The Kier molecular flexibility index (Phi) is 6.99. The minimum atomic E-state index is -0.428. The van der Waals surface area contributed by atoms with Gasteiger partial charge in [-0.25, -0.2) is 0 Å². The van der Waals surface area contributed by atoms with E-state index in [2.05, 4.69) is 10.6 Å². The summed E-state index contributed by atoms with van der Waals surface area (Å²) >= 11 is 0. The molecule has 0 heterocycles. The van der Waals surface area contributed by atoms with E-state index < -0.39 is 5.54 Å². The number of rotatable bonds is 6. The highest BCUT2D eigenvalue weighted by Crippen LogP contribution is 2.16. The lowest BCUT2D eigenvalue weighted by Gasteiger charge is -2.22.